The van der Waals surface area contributed by atoms with Crippen molar-refractivity contribution in [2.75, 3.05) is 0 Å². The van der Waals surface area contributed by atoms with Crippen LogP contribution >= 0.6 is 0 Å². The number of carbonyl (C=O) groups excluding carboxylic acids is 1. The number of benzene rings is 1. The highest BCUT2D eigenvalue weighted by Gasteiger charge is 2.01. The fraction of sp³-hybridized carbons (Fsp3) is 0.250. The van der Waals surface area contributed by atoms with Crippen LogP contribution in [0.25, 0.3) is 0 Å². The lowest BCUT2D eigenvalue weighted by molar-refractivity contribution is 0.112. The lowest BCUT2D eigenvalue weighted by atomic mass is 10.00. The van der Waals surface area contributed by atoms with Gasteiger partial charge in [-0.15, -0.1) is 0 Å². The maximum atomic E-state index is 10.5. The first-order valence-corrected chi connectivity index (χ1v) is 6.18. The van der Waals surface area contributed by atoms with Crippen LogP contribution in [0.15, 0.2) is 42.6 Å². The van der Waals surface area contributed by atoms with Gasteiger partial charge in [-0.25, -0.2) is 0 Å². The predicted octanol–water partition coefficient (Wildman–Crippen LogP) is 3.61. The standard InChI is InChI=1S/C16H17NO/c1-12(2)15-6-3-13(4-7-15)9-16-8-5-14(11-18)10-17-16/h3-8,10-12H,9H2,1-2H3. The molecule has 2 nitrogen and oxygen atoms in total. The second-order valence-electron chi connectivity index (χ2n) is 4.77. The molecule has 2 aromatic rings. The molecule has 0 fully saturated rings. The van der Waals surface area contributed by atoms with Gasteiger partial charge in [0.15, 0.2) is 6.29 Å². The van der Waals surface area contributed by atoms with Crippen molar-refractivity contribution in [1.29, 1.82) is 0 Å². The van der Waals surface area contributed by atoms with Crippen molar-refractivity contribution in [3.05, 3.63) is 65.0 Å². The third-order valence-electron chi connectivity index (χ3n) is 3.02. The first kappa shape index (κ1) is 12.5. The predicted molar refractivity (Wildman–Crippen MR) is 73.0 cm³/mol. The van der Waals surface area contributed by atoms with Gasteiger partial charge in [-0.05, 0) is 29.2 Å². The summed E-state index contributed by atoms with van der Waals surface area (Å²) in [5, 5.41) is 0. The number of rotatable bonds is 4. The molecule has 2 rings (SSSR count). The van der Waals surface area contributed by atoms with Gasteiger partial charge in [-0.3, -0.25) is 9.78 Å². The molecule has 1 aromatic heterocycles. The highest BCUT2D eigenvalue weighted by molar-refractivity contribution is 5.73. The normalized spacial score (nSPS) is 10.6. The van der Waals surface area contributed by atoms with E-state index >= 15 is 0 Å². The molecule has 0 saturated carbocycles. The summed E-state index contributed by atoms with van der Waals surface area (Å²) in [6.45, 7) is 4.38. The zero-order valence-electron chi connectivity index (χ0n) is 10.8. The SMILES string of the molecule is CC(C)c1ccc(Cc2ccc(C=O)cn2)cc1. The number of pyridine rings is 1. The molecular weight excluding hydrogens is 222 g/mol. The molecule has 0 aliphatic rings. The van der Waals surface area contributed by atoms with Crippen LogP contribution in [0, 0.1) is 0 Å². The van der Waals surface area contributed by atoms with Gasteiger partial charge in [-0.1, -0.05) is 38.1 Å². The average molecular weight is 239 g/mol. The van der Waals surface area contributed by atoms with Crippen LogP contribution in [-0.2, 0) is 6.42 Å². The van der Waals surface area contributed by atoms with E-state index in [0.717, 1.165) is 18.4 Å². The van der Waals surface area contributed by atoms with Crippen molar-refractivity contribution in [2.24, 2.45) is 0 Å². The van der Waals surface area contributed by atoms with E-state index in [4.69, 9.17) is 0 Å². The lowest BCUT2D eigenvalue weighted by Gasteiger charge is -2.06. The first-order valence-electron chi connectivity index (χ1n) is 6.18. The van der Waals surface area contributed by atoms with E-state index < -0.39 is 0 Å². The number of nitrogens with zero attached hydrogens (tertiary/aromatic N) is 1. The van der Waals surface area contributed by atoms with Gasteiger partial charge in [0.05, 0.1) is 0 Å². The molecule has 18 heavy (non-hydrogen) atoms. The fourth-order valence-electron chi connectivity index (χ4n) is 1.84. The van der Waals surface area contributed by atoms with Crippen molar-refractivity contribution < 1.29 is 4.79 Å². The van der Waals surface area contributed by atoms with Crippen LogP contribution in [0.2, 0.25) is 0 Å². The van der Waals surface area contributed by atoms with Crippen LogP contribution in [0.5, 0.6) is 0 Å². The summed E-state index contributed by atoms with van der Waals surface area (Å²) in [5.74, 6) is 0.559. The Hall–Kier alpha value is -1.96. The number of hydrogen-bond donors (Lipinski definition) is 0. The molecule has 0 spiro atoms. The maximum absolute atomic E-state index is 10.5. The fourth-order valence-corrected chi connectivity index (χ4v) is 1.84. The van der Waals surface area contributed by atoms with Crippen molar-refractivity contribution in [1.82, 2.24) is 4.98 Å². The molecule has 0 N–H and O–H groups in total. The molecular formula is C16H17NO. The largest absolute Gasteiger partial charge is 0.298 e. The molecule has 0 unspecified atom stereocenters. The summed E-state index contributed by atoms with van der Waals surface area (Å²) < 4.78 is 0. The van der Waals surface area contributed by atoms with Crippen LogP contribution in [0.1, 0.15) is 46.9 Å². The molecule has 0 radical (unpaired) electrons. The Morgan fingerprint density at radius 3 is 2.33 bits per heavy atom. The van der Waals surface area contributed by atoms with Crippen LogP contribution < -0.4 is 0 Å². The zero-order chi connectivity index (χ0) is 13.0. The monoisotopic (exact) mass is 239 g/mol. The Morgan fingerprint density at radius 2 is 1.83 bits per heavy atom. The van der Waals surface area contributed by atoms with E-state index in [1.165, 1.54) is 11.1 Å². The molecule has 0 amide bonds. The second kappa shape index (κ2) is 5.58. The van der Waals surface area contributed by atoms with Crippen molar-refractivity contribution in [3.8, 4) is 0 Å². The summed E-state index contributed by atoms with van der Waals surface area (Å²) in [5.41, 5.74) is 4.19. The molecule has 0 saturated heterocycles. The second-order valence-corrected chi connectivity index (χ2v) is 4.77. The topological polar surface area (TPSA) is 30.0 Å². The van der Waals surface area contributed by atoms with E-state index in [1.807, 2.05) is 6.07 Å². The quantitative estimate of drug-likeness (QED) is 0.763. The molecule has 1 aromatic carbocycles. The van der Waals surface area contributed by atoms with Gasteiger partial charge in [0.1, 0.15) is 0 Å². The van der Waals surface area contributed by atoms with E-state index in [9.17, 15) is 4.79 Å². The summed E-state index contributed by atoms with van der Waals surface area (Å²) in [7, 11) is 0. The maximum Gasteiger partial charge on any atom is 0.151 e. The highest BCUT2D eigenvalue weighted by Crippen LogP contribution is 2.16. The minimum Gasteiger partial charge on any atom is -0.298 e. The molecule has 0 atom stereocenters. The number of aromatic nitrogens is 1. The molecule has 0 aliphatic carbocycles. The minimum atomic E-state index is 0.559. The Labute approximate surface area is 108 Å². The van der Waals surface area contributed by atoms with Crippen molar-refractivity contribution >= 4 is 6.29 Å². The molecule has 0 bridgehead atoms. The zero-order valence-corrected chi connectivity index (χ0v) is 10.8. The summed E-state index contributed by atoms with van der Waals surface area (Å²) >= 11 is 0. The van der Waals surface area contributed by atoms with Crippen molar-refractivity contribution in [2.45, 2.75) is 26.2 Å². The van der Waals surface area contributed by atoms with Gasteiger partial charge in [0.25, 0.3) is 0 Å². The molecule has 92 valence electrons. The molecule has 0 aliphatic heterocycles. The van der Waals surface area contributed by atoms with Crippen molar-refractivity contribution in [3.63, 3.8) is 0 Å². The van der Waals surface area contributed by atoms with E-state index in [1.54, 1.807) is 12.3 Å². The summed E-state index contributed by atoms with van der Waals surface area (Å²) in [4.78, 5) is 14.8. The molecule has 1 heterocycles. The Morgan fingerprint density at radius 1 is 1.11 bits per heavy atom. The first-order chi connectivity index (χ1) is 8.69. The summed E-state index contributed by atoms with van der Waals surface area (Å²) in [6.07, 6.45) is 3.23. The lowest BCUT2D eigenvalue weighted by Crippen LogP contribution is -1.94. The molecule has 2 heteroatoms. The summed E-state index contributed by atoms with van der Waals surface area (Å²) in [6, 6.07) is 12.3. The van der Waals surface area contributed by atoms with Gasteiger partial charge >= 0.3 is 0 Å². The van der Waals surface area contributed by atoms with Gasteiger partial charge in [-0.2, -0.15) is 0 Å². The highest BCUT2D eigenvalue weighted by atomic mass is 16.1. The van der Waals surface area contributed by atoms with E-state index in [-0.39, 0.29) is 0 Å². The van der Waals surface area contributed by atoms with Gasteiger partial charge < -0.3 is 0 Å². The van der Waals surface area contributed by atoms with Crippen LogP contribution in [-0.4, -0.2) is 11.3 Å². The Balaban J connectivity index is 2.10. The smallest absolute Gasteiger partial charge is 0.151 e. The number of hydrogen-bond acceptors (Lipinski definition) is 2. The van der Waals surface area contributed by atoms with E-state index in [2.05, 4.69) is 43.1 Å². The third-order valence-corrected chi connectivity index (χ3v) is 3.02. The average Bonchev–Trinajstić information content (AvgIpc) is 2.40. The van der Waals surface area contributed by atoms with Crippen LogP contribution in [0.3, 0.4) is 0 Å². The van der Waals surface area contributed by atoms with Crippen LogP contribution in [0.4, 0.5) is 0 Å². The minimum absolute atomic E-state index is 0.559. The van der Waals surface area contributed by atoms with Gasteiger partial charge in [0.2, 0.25) is 0 Å². The number of carbonyl (C=O) groups is 1. The Kier molecular flexibility index (Phi) is 3.88. The van der Waals surface area contributed by atoms with E-state index in [0.29, 0.717) is 11.5 Å². The number of aldehydes is 1. The van der Waals surface area contributed by atoms with Gasteiger partial charge in [0, 0.05) is 23.9 Å². The Bertz CT molecular complexity index is 512. The third kappa shape index (κ3) is 3.04.